The lowest BCUT2D eigenvalue weighted by atomic mass is 10.1. The molecule has 0 aliphatic carbocycles. The van der Waals surface area contributed by atoms with Crippen molar-refractivity contribution in [3.8, 4) is 0 Å². The molecule has 0 amide bonds. The summed E-state index contributed by atoms with van der Waals surface area (Å²) >= 11 is 0. The molecule has 6 nitrogen and oxygen atoms in total. The van der Waals surface area contributed by atoms with Crippen molar-refractivity contribution >= 4 is 17.9 Å². The number of carbonyl (C=O) groups excluding carboxylic acids is 3. The van der Waals surface area contributed by atoms with Crippen molar-refractivity contribution in [3.63, 3.8) is 0 Å². The molecule has 0 saturated heterocycles. The van der Waals surface area contributed by atoms with E-state index in [9.17, 15) is 14.4 Å². The lowest BCUT2D eigenvalue weighted by molar-refractivity contribution is -0.167. The van der Waals surface area contributed by atoms with Crippen molar-refractivity contribution < 1.29 is 28.6 Å². The summed E-state index contributed by atoms with van der Waals surface area (Å²) in [5.74, 6) is -0.905. The molecular weight excluding hydrogens is 673 g/mol. The van der Waals surface area contributed by atoms with Crippen molar-refractivity contribution in [2.45, 2.75) is 239 Å². The second-order valence-corrected chi connectivity index (χ2v) is 15.3. The van der Waals surface area contributed by atoms with Crippen molar-refractivity contribution in [1.29, 1.82) is 0 Å². The van der Waals surface area contributed by atoms with Crippen LogP contribution in [0.15, 0.2) is 36.5 Å². The van der Waals surface area contributed by atoms with E-state index >= 15 is 0 Å². The average molecular weight is 759 g/mol. The molecule has 0 saturated carbocycles. The first-order chi connectivity index (χ1) is 26.5. The van der Waals surface area contributed by atoms with Crippen LogP contribution in [0.4, 0.5) is 0 Å². The first-order valence-electron chi connectivity index (χ1n) is 23.0. The van der Waals surface area contributed by atoms with E-state index in [-0.39, 0.29) is 31.1 Å². The van der Waals surface area contributed by atoms with Gasteiger partial charge in [0, 0.05) is 19.3 Å². The minimum Gasteiger partial charge on any atom is -0.462 e. The van der Waals surface area contributed by atoms with Crippen LogP contribution in [-0.4, -0.2) is 37.2 Å². The molecule has 0 aromatic carbocycles. The maximum absolute atomic E-state index is 12.7. The zero-order valence-electron chi connectivity index (χ0n) is 35.7. The van der Waals surface area contributed by atoms with E-state index in [0.29, 0.717) is 19.3 Å². The summed E-state index contributed by atoms with van der Waals surface area (Å²) in [4.78, 5) is 37.6. The Kier molecular flexibility index (Phi) is 41.5. The Morgan fingerprint density at radius 3 is 1.09 bits per heavy atom. The van der Waals surface area contributed by atoms with E-state index in [4.69, 9.17) is 14.2 Å². The van der Waals surface area contributed by atoms with E-state index in [1.807, 2.05) is 0 Å². The fourth-order valence-corrected chi connectivity index (χ4v) is 6.35. The fraction of sp³-hybridized carbons (Fsp3) is 0.812. The SMILES string of the molecule is CCCCC/C=C\C/C=C\CCCCCCCC(=O)OCC(COC(=O)CCCCCCCCCC)OC(=O)CCCCCCC/C=C\CCCCCC. The van der Waals surface area contributed by atoms with Gasteiger partial charge in [-0.3, -0.25) is 14.4 Å². The number of allylic oxidation sites excluding steroid dienone is 6. The van der Waals surface area contributed by atoms with Gasteiger partial charge in [0.05, 0.1) is 0 Å². The molecular formula is C48H86O6. The molecule has 0 aromatic rings. The van der Waals surface area contributed by atoms with Crippen LogP contribution >= 0.6 is 0 Å². The number of esters is 3. The summed E-state index contributed by atoms with van der Waals surface area (Å²) in [5.41, 5.74) is 0. The zero-order chi connectivity index (χ0) is 39.4. The average Bonchev–Trinajstić information content (AvgIpc) is 3.17. The molecule has 0 aliphatic rings. The summed E-state index contributed by atoms with van der Waals surface area (Å²) in [6.45, 7) is 6.54. The van der Waals surface area contributed by atoms with Gasteiger partial charge in [0.15, 0.2) is 6.10 Å². The third-order valence-corrected chi connectivity index (χ3v) is 9.87. The van der Waals surface area contributed by atoms with Crippen LogP contribution in [0.5, 0.6) is 0 Å². The maximum atomic E-state index is 12.7. The maximum Gasteiger partial charge on any atom is 0.306 e. The van der Waals surface area contributed by atoms with Crippen LogP contribution in [0, 0.1) is 0 Å². The lowest BCUT2D eigenvalue weighted by Crippen LogP contribution is -2.30. The highest BCUT2D eigenvalue weighted by Crippen LogP contribution is 2.13. The topological polar surface area (TPSA) is 78.9 Å². The lowest BCUT2D eigenvalue weighted by Gasteiger charge is -2.18. The normalized spacial score (nSPS) is 12.3. The fourth-order valence-electron chi connectivity index (χ4n) is 6.35. The molecule has 0 heterocycles. The van der Waals surface area contributed by atoms with Gasteiger partial charge in [0.1, 0.15) is 13.2 Å². The summed E-state index contributed by atoms with van der Waals surface area (Å²) in [7, 11) is 0. The predicted octanol–water partition coefficient (Wildman–Crippen LogP) is 14.6. The molecule has 0 aliphatic heterocycles. The Balaban J connectivity index is 4.36. The van der Waals surface area contributed by atoms with Crippen LogP contribution in [0.3, 0.4) is 0 Å². The molecule has 54 heavy (non-hydrogen) atoms. The van der Waals surface area contributed by atoms with Crippen molar-refractivity contribution in [2.75, 3.05) is 13.2 Å². The highest BCUT2D eigenvalue weighted by atomic mass is 16.6. The first kappa shape index (κ1) is 51.6. The highest BCUT2D eigenvalue weighted by molar-refractivity contribution is 5.71. The molecule has 0 aromatic heterocycles. The summed E-state index contributed by atoms with van der Waals surface area (Å²) in [6, 6.07) is 0. The van der Waals surface area contributed by atoms with Gasteiger partial charge in [-0.25, -0.2) is 0 Å². The molecule has 0 spiro atoms. The van der Waals surface area contributed by atoms with E-state index in [0.717, 1.165) is 89.9 Å². The van der Waals surface area contributed by atoms with Gasteiger partial charge in [0.2, 0.25) is 0 Å². The van der Waals surface area contributed by atoms with Gasteiger partial charge in [-0.05, 0) is 77.0 Å². The third-order valence-electron chi connectivity index (χ3n) is 9.87. The number of carbonyl (C=O) groups is 3. The number of ether oxygens (including phenoxy) is 3. The van der Waals surface area contributed by atoms with Crippen LogP contribution < -0.4 is 0 Å². The second-order valence-electron chi connectivity index (χ2n) is 15.3. The Labute approximate surface area is 334 Å². The monoisotopic (exact) mass is 759 g/mol. The van der Waals surface area contributed by atoms with Crippen LogP contribution in [0.2, 0.25) is 0 Å². The van der Waals surface area contributed by atoms with Crippen LogP contribution in [0.1, 0.15) is 233 Å². The molecule has 0 fully saturated rings. The molecule has 1 unspecified atom stereocenters. The van der Waals surface area contributed by atoms with Gasteiger partial charge in [-0.15, -0.1) is 0 Å². The van der Waals surface area contributed by atoms with Crippen LogP contribution in [-0.2, 0) is 28.6 Å². The largest absolute Gasteiger partial charge is 0.462 e. The molecule has 0 radical (unpaired) electrons. The molecule has 0 N–H and O–H groups in total. The first-order valence-corrected chi connectivity index (χ1v) is 23.0. The van der Waals surface area contributed by atoms with E-state index in [1.165, 1.54) is 103 Å². The Morgan fingerprint density at radius 1 is 0.370 bits per heavy atom. The minimum absolute atomic E-state index is 0.0787. The molecule has 314 valence electrons. The smallest absolute Gasteiger partial charge is 0.306 e. The van der Waals surface area contributed by atoms with E-state index < -0.39 is 6.10 Å². The molecule has 0 rings (SSSR count). The van der Waals surface area contributed by atoms with Crippen molar-refractivity contribution in [2.24, 2.45) is 0 Å². The minimum atomic E-state index is -0.776. The highest BCUT2D eigenvalue weighted by Gasteiger charge is 2.19. The molecule has 0 bridgehead atoms. The standard InChI is InChI=1S/C48H86O6/c1-4-7-10-13-16-19-21-23-24-26-27-29-32-35-38-41-47(50)53-44-45(43-52-46(49)40-37-34-31-18-15-12-9-6-3)54-48(51)42-39-36-33-30-28-25-22-20-17-14-11-8-5-2/h16,19-20,22-24,45H,4-15,17-18,21,25-44H2,1-3H3/b19-16-,22-20-,24-23-. The van der Waals surface area contributed by atoms with E-state index in [1.54, 1.807) is 0 Å². The number of hydrogen-bond acceptors (Lipinski definition) is 6. The van der Waals surface area contributed by atoms with Gasteiger partial charge < -0.3 is 14.2 Å². The van der Waals surface area contributed by atoms with E-state index in [2.05, 4.69) is 57.2 Å². The van der Waals surface area contributed by atoms with Crippen molar-refractivity contribution in [1.82, 2.24) is 0 Å². The summed E-state index contributed by atoms with van der Waals surface area (Å²) < 4.78 is 16.7. The summed E-state index contributed by atoms with van der Waals surface area (Å²) in [5, 5.41) is 0. The number of rotatable bonds is 41. The molecule has 6 heteroatoms. The van der Waals surface area contributed by atoms with Gasteiger partial charge >= 0.3 is 17.9 Å². The Bertz CT molecular complexity index is 922. The third kappa shape index (κ3) is 40.8. The Hall–Kier alpha value is -2.37. The number of hydrogen-bond donors (Lipinski definition) is 0. The van der Waals surface area contributed by atoms with Crippen LogP contribution in [0.25, 0.3) is 0 Å². The van der Waals surface area contributed by atoms with Gasteiger partial charge in [0.25, 0.3) is 0 Å². The summed E-state index contributed by atoms with van der Waals surface area (Å²) in [6.07, 6.45) is 48.4. The number of unbranched alkanes of at least 4 members (excludes halogenated alkanes) is 24. The van der Waals surface area contributed by atoms with Gasteiger partial charge in [-0.2, -0.15) is 0 Å². The predicted molar refractivity (Wildman–Crippen MR) is 229 cm³/mol. The zero-order valence-corrected chi connectivity index (χ0v) is 35.7. The van der Waals surface area contributed by atoms with Crippen molar-refractivity contribution in [3.05, 3.63) is 36.5 Å². The Morgan fingerprint density at radius 2 is 0.667 bits per heavy atom. The second kappa shape index (κ2) is 43.4. The molecule has 1 atom stereocenters. The van der Waals surface area contributed by atoms with Gasteiger partial charge in [-0.1, -0.05) is 173 Å². The quantitative estimate of drug-likeness (QED) is 0.0267.